The van der Waals surface area contributed by atoms with Crippen molar-refractivity contribution in [3.05, 3.63) is 140 Å². The lowest BCUT2D eigenvalue weighted by Gasteiger charge is -2.34. The molecule has 6 heteroatoms. The second-order valence-corrected chi connectivity index (χ2v) is 11.3. The van der Waals surface area contributed by atoms with E-state index in [0.29, 0.717) is 11.1 Å². The molecule has 7 rings (SSSR count). The van der Waals surface area contributed by atoms with Crippen LogP contribution in [-0.4, -0.2) is 28.7 Å². The maximum Gasteiger partial charge on any atom is 0.204 e. The van der Waals surface area contributed by atoms with E-state index in [2.05, 4.69) is 15.9 Å². The molecule has 2 aliphatic carbocycles. The van der Waals surface area contributed by atoms with Gasteiger partial charge in [-0.3, -0.25) is 19.2 Å². The van der Waals surface area contributed by atoms with Crippen molar-refractivity contribution in [2.24, 2.45) is 5.41 Å². The normalized spacial score (nSPS) is 22.1. The summed E-state index contributed by atoms with van der Waals surface area (Å²) in [4.78, 5) is 58.0. The molecule has 1 saturated heterocycles. The van der Waals surface area contributed by atoms with Gasteiger partial charge in [-0.15, -0.1) is 0 Å². The van der Waals surface area contributed by atoms with E-state index in [1.54, 1.807) is 84.9 Å². The number of carbonyl (C=O) groups is 4. The minimum absolute atomic E-state index is 0.236. The highest BCUT2D eigenvalue weighted by Gasteiger charge is 2.79. The number of aryl methyl sites for hydroxylation is 1. The Kier molecular flexibility index (Phi) is 5.09. The summed E-state index contributed by atoms with van der Waals surface area (Å²) in [5, 5.41) is 0. The standard InChI is InChI=1S/C33H21BrO5/c1-18-10-12-20(13-11-18)31-32(27(35)22-6-2-3-7-23(22)28(32)36)26(19-14-16-21(34)17-15-19)33(39-31)29(37)24-8-4-5-9-25(24)30(33)38/h2-17,26,31H,1H3/t26-,31+/m0/s1. The molecule has 4 aromatic rings. The summed E-state index contributed by atoms with van der Waals surface area (Å²) in [6, 6.07) is 27.7. The fourth-order valence-corrected chi connectivity index (χ4v) is 6.99. The van der Waals surface area contributed by atoms with E-state index in [0.717, 1.165) is 10.0 Å². The molecule has 190 valence electrons. The van der Waals surface area contributed by atoms with Crippen LogP contribution in [0.5, 0.6) is 0 Å². The first kappa shape index (κ1) is 24.1. The van der Waals surface area contributed by atoms with Gasteiger partial charge in [0.05, 0.1) is 5.92 Å². The fraction of sp³-hybridized carbons (Fsp3) is 0.152. The third-order valence-corrected chi connectivity index (χ3v) is 8.95. The average Bonchev–Trinajstić information content (AvgIpc) is 3.48. The first-order chi connectivity index (χ1) is 18.8. The molecule has 1 fully saturated rings. The van der Waals surface area contributed by atoms with Gasteiger partial charge in [0, 0.05) is 26.7 Å². The highest BCUT2D eigenvalue weighted by molar-refractivity contribution is 9.10. The fourth-order valence-electron chi connectivity index (χ4n) is 6.72. The molecule has 2 spiro atoms. The number of hydrogen-bond donors (Lipinski definition) is 0. The van der Waals surface area contributed by atoms with Crippen molar-refractivity contribution in [3.8, 4) is 0 Å². The molecule has 4 aromatic carbocycles. The van der Waals surface area contributed by atoms with Gasteiger partial charge in [0.25, 0.3) is 0 Å². The molecule has 0 saturated carbocycles. The molecular formula is C33H21BrO5. The Morgan fingerprint density at radius 2 is 1.03 bits per heavy atom. The van der Waals surface area contributed by atoms with Crippen LogP contribution in [-0.2, 0) is 4.74 Å². The summed E-state index contributed by atoms with van der Waals surface area (Å²) in [5.74, 6) is -3.11. The summed E-state index contributed by atoms with van der Waals surface area (Å²) >= 11 is 3.45. The molecule has 0 aromatic heterocycles. The monoisotopic (exact) mass is 576 g/mol. The van der Waals surface area contributed by atoms with E-state index >= 15 is 0 Å². The van der Waals surface area contributed by atoms with Crippen molar-refractivity contribution < 1.29 is 23.9 Å². The van der Waals surface area contributed by atoms with Gasteiger partial charge in [0.2, 0.25) is 17.2 Å². The Morgan fingerprint density at radius 3 is 1.51 bits per heavy atom. The van der Waals surface area contributed by atoms with Crippen LogP contribution in [0.3, 0.4) is 0 Å². The van der Waals surface area contributed by atoms with E-state index in [1.807, 2.05) is 19.1 Å². The predicted octanol–water partition coefficient (Wildman–Crippen LogP) is 6.50. The molecule has 0 N–H and O–H groups in total. The summed E-state index contributed by atoms with van der Waals surface area (Å²) in [5.41, 5.74) is -0.865. The van der Waals surface area contributed by atoms with E-state index in [-0.39, 0.29) is 22.3 Å². The highest BCUT2D eigenvalue weighted by Crippen LogP contribution is 2.67. The Bertz CT molecular complexity index is 1660. The predicted molar refractivity (Wildman–Crippen MR) is 147 cm³/mol. The molecule has 1 heterocycles. The molecule has 0 amide bonds. The maximum absolute atomic E-state index is 14.6. The molecule has 2 atom stereocenters. The third-order valence-electron chi connectivity index (χ3n) is 8.42. The van der Waals surface area contributed by atoms with Crippen molar-refractivity contribution in [1.82, 2.24) is 0 Å². The van der Waals surface area contributed by atoms with Gasteiger partial charge >= 0.3 is 0 Å². The van der Waals surface area contributed by atoms with Gasteiger partial charge in [-0.05, 0) is 30.2 Å². The number of Topliss-reactive ketones (excluding diaryl/α,β-unsaturated/α-hetero) is 4. The maximum atomic E-state index is 14.6. The van der Waals surface area contributed by atoms with Gasteiger partial charge in [-0.1, -0.05) is 106 Å². The van der Waals surface area contributed by atoms with E-state index in [4.69, 9.17) is 4.74 Å². The van der Waals surface area contributed by atoms with Crippen molar-refractivity contribution in [1.29, 1.82) is 0 Å². The summed E-state index contributed by atoms with van der Waals surface area (Å²) in [6.07, 6.45) is -1.17. The van der Waals surface area contributed by atoms with E-state index in [9.17, 15) is 19.2 Å². The van der Waals surface area contributed by atoms with Gasteiger partial charge in [0.15, 0.2) is 11.6 Å². The second-order valence-electron chi connectivity index (χ2n) is 10.4. The third kappa shape index (κ3) is 2.93. The second kappa shape index (κ2) is 8.25. The Labute approximate surface area is 232 Å². The molecule has 3 aliphatic rings. The minimum Gasteiger partial charge on any atom is -0.348 e. The Morgan fingerprint density at radius 1 is 0.590 bits per heavy atom. The topological polar surface area (TPSA) is 77.5 Å². The highest BCUT2D eigenvalue weighted by atomic mass is 79.9. The number of halogens is 1. The lowest BCUT2D eigenvalue weighted by atomic mass is 9.60. The largest absolute Gasteiger partial charge is 0.348 e. The van der Waals surface area contributed by atoms with Crippen molar-refractivity contribution >= 4 is 39.1 Å². The Balaban J connectivity index is 1.59. The van der Waals surface area contributed by atoms with E-state index in [1.165, 1.54) is 0 Å². The number of fused-ring (bicyclic) bond motifs is 2. The number of rotatable bonds is 2. The summed E-state index contributed by atoms with van der Waals surface area (Å²) in [6.45, 7) is 1.93. The number of ketones is 4. The van der Waals surface area contributed by atoms with Gasteiger partial charge < -0.3 is 4.74 Å². The first-order valence-corrected chi connectivity index (χ1v) is 13.5. The average molecular weight is 577 g/mol. The molecule has 1 aliphatic heterocycles. The van der Waals surface area contributed by atoms with Crippen LogP contribution in [0.25, 0.3) is 0 Å². The zero-order chi connectivity index (χ0) is 27.1. The van der Waals surface area contributed by atoms with Crippen LogP contribution < -0.4 is 0 Å². The quantitative estimate of drug-likeness (QED) is 0.255. The zero-order valence-corrected chi connectivity index (χ0v) is 22.4. The van der Waals surface area contributed by atoms with Gasteiger partial charge in [0.1, 0.15) is 11.5 Å². The van der Waals surface area contributed by atoms with E-state index < -0.39 is 46.2 Å². The van der Waals surface area contributed by atoms with Crippen LogP contribution in [0.1, 0.15) is 70.1 Å². The molecule has 0 unspecified atom stereocenters. The van der Waals surface area contributed by atoms with Gasteiger partial charge in [-0.2, -0.15) is 0 Å². The number of ether oxygens (including phenoxy) is 1. The molecule has 5 nitrogen and oxygen atoms in total. The van der Waals surface area contributed by atoms with Crippen LogP contribution in [0.15, 0.2) is 102 Å². The lowest BCUT2D eigenvalue weighted by Crippen LogP contribution is -2.51. The zero-order valence-electron chi connectivity index (χ0n) is 20.8. The van der Waals surface area contributed by atoms with Crippen LogP contribution in [0.2, 0.25) is 0 Å². The number of hydrogen-bond acceptors (Lipinski definition) is 5. The van der Waals surface area contributed by atoms with Crippen LogP contribution in [0.4, 0.5) is 0 Å². The molecule has 0 radical (unpaired) electrons. The molecule has 39 heavy (non-hydrogen) atoms. The lowest BCUT2D eigenvalue weighted by molar-refractivity contribution is -0.0210. The van der Waals surface area contributed by atoms with Crippen molar-refractivity contribution in [3.63, 3.8) is 0 Å². The van der Waals surface area contributed by atoms with Crippen molar-refractivity contribution in [2.75, 3.05) is 0 Å². The smallest absolute Gasteiger partial charge is 0.204 e. The van der Waals surface area contributed by atoms with Gasteiger partial charge in [-0.25, -0.2) is 0 Å². The van der Waals surface area contributed by atoms with Crippen LogP contribution >= 0.6 is 15.9 Å². The minimum atomic E-state index is -2.08. The SMILES string of the molecule is Cc1ccc([C@H]2OC3(C(=O)c4ccccc4C3=O)[C@@H](c3ccc(Br)cc3)C23C(=O)c2ccccc2C3=O)cc1. The van der Waals surface area contributed by atoms with Crippen molar-refractivity contribution in [2.45, 2.75) is 24.5 Å². The summed E-state index contributed by atoms with van der Waals surface area (Å²) < 4.78 is 7.48. The molecular weight excluding hydrogens is 556 g/mol. The number of benzene rings is 4. The Hall–Kier alpha value is -4.00. The summed E-state index contributed by atoms with van der Waals surface area (Å²) in [7, 11) is 0. The molecule has 0 bridgehead atoms. The van der Waals surface area contributed by atoms with Crippen LogP contribution in [0, 0.1) is 12.3 Å². The number of carbonyl (C=O) groups excluding carboxylic acids is 4. The first-order valence-electron chi connectivity index (χ1n) is 12.7.